The highest BCUT2D eigenvalue weighted by Crippen LogP contribution is 2.29. The first kappa shape index (κ1) is 14.0. The van der Waals surface area contributed by atoms with Gasteiger partial charge in [-0.3, -0.25) is 0 Å². The van der Waals surface area contributed by atoms with E-state index in [0.717, 1.165) is 34.3 Å². The first-order chi connectivity index (χ1) is 9.21. The molecular formula is C13H19N5S. The molecule has 0 fully saturated rings. The van der Waals surface area contributed by atoms with Crippen LogP contribution in [-0.4, -0.2) is 19.7 Å². The summed E-state index contributed by atoms with van der Waals surface area (Å²) in [6.07, 6.45) is 5.51. The van der Waals surface area contributed by atoms with E-state index in [-0.39, 0.29) is 0 Å². The van der Waals surface area contributed by atoms with Gasteiger partial charge in [0.05, 0.1) is 5.69 Å². The van der Waals surface area contributed by atoms with Gasteiger partial charge in [-0.2, -0.15) is 5.10 Å². The van der Waals surface area contributed by atoms with Crippen molar-refractivity contribution >= 4 is 11.8 Å². The molecule has 6 heteroatoms. The fourth-order valence-electron chi connectivity index (χ4n) is 2.06. The van der Waals surface area contributed by atoms with Gasteiger partial charge in [0.15, 0.2) is 5.16 Å². The Kier molecular flexibility index (Phi) is 4.55. The maximum Gasteiger partial charge on any atom is 0.174 e. The van der Waals surface area contributed by atoms with Gasteiger partial charge < -0.3 is 10.3 Å². The summed E-state index contributed by atoms with van der Waals surface area (Å²) in [6.45, 7) is 4.71. The Bertz CT molecular complexity index is 564. The molecule has 19 heavy (non-hydrogen) atoms. The van der Waals surface area contributed by atoms with E-state index in [4.69, 9.17) is 5.73 Å². The Hall–Kier alpha value is -1.40. The molecule has 0 saturated heterocycles. The summed E-state index contributed by atoms with van der Waals surface area (Å²) in [7, 11) is 1.96. The molecule has 0 unspecified atom stereocenters. The lowest BCUT2D eigenvalue weighted by Crippen LogP contribution is -2.10. The topological polar surface area (TPSA) is 69.6 Å². The SMILES string of the molecule is CCc1nnc(Sc2nccn2C)c(CN)c1CC. The Morgan fingerprint density at radius 2 is 2.00 bits per heavy atom. The number of hydrogen-bond donors (Lipinski definition) is 1. The summed E-state index contributed by atoms with van der Waals surface area (Å²) in [4.78, 5) is 4.30. The van der Waals surface area contributed by atoms with Crippen LogP contribution in [0.3, 0.4) is 0 Å². The Morgan fingerprint density at radius 1 is 1.21 bits per heavy atom. The zero-order valence-corrected chi connectivity index (χ0v) is 12.4. The minimum absolute atomic E-state index is 0.485. The van der Waals surface area contributed by atoms with Crippen LogP contribution < -0.4 is 5.73 Å². The van der Waals surface area contributed by atoms with Crippen LogP contribution in [0, 0.1) is 0 Å². The zero-order chi connectivity index (χ0) is 13.8. The number of aryl methyl sites for hydroxylation is 2. The Morgan fingerprint density at radius 3 is 2.53 bits per heavy atom. The van der Waals surface area contributed by atoms with Crippen LogP contribution in [-0.2, 0) is 26.4 Å². The summed E-state index contributed by atoms with van der Waals surface area (Å²) in [6, 6.07) is 0. The smallest absolute Gasteiger partial charge is 0.174 e. The lowest BCUT2D eigenvalue weighted by atomic mass is 10.0. The van der Waals surface area contributed by atoms with Gasteiger partial charge in [-0.05, 0) is 30.2 Å². The first-order valence-corrected chi connectivity index (χ1v) is 7.25. The second kappa shape index (κ2) is 6.16. The van der Waals surface area contributed by atoms with Gasteiger partial charge in [0.2, 0.25) is 0 Å². The third kappa shape index (κ3) is 2.79. The molecule has 2 aromatic heterocycles. The van der Waals surface area contributed by atoms with Crippen LogP contribution >= 0.6 is 11.8 Å². The summed E-state index contributed by atoms with van der Waals surface area (Å²) in [5.74, 6) is 0. The quantitative estimate of drug-likeness (QED) is 0.904. The number of rotatable bonds is 5. The fourth-order valence-corrected chi connectivity index (χ4v) is 2.96. The van der Waals surface area contributed by atoms with Crippen LogP contribution in [0.1, 0.15) is 30.7 Å². The number of aromatic nitrogens is 4. The van der Waals surface area contributed by atoms with Crippen molar-refractivity contribution < 1.29 is 0 Å². The maximum absolute atomic E-state index is 5.91. The fraction of sp³-hybridized carbons (Fsp3) is 0.462. The first-order valence-electron chi connectivity index (χ1n) is 6.43. The van der Waals surface area contributed by atoms with Gasteiger partial charge in [-0.15, -0.1) is 5.10 Å². The van der Waals surface area contributed by atoms with Crippen molar-refractivity contribution in [3.8, 4) is 0 Å². The van der Waals surface area contributed by atoms with E-state index in [0.29, 0.717) is 6.54 Å². The van der Waals surface area contributed by atoms with Crippen molar-refractivity contribution in [3.05, 3.63) is 29.2 Å². The van der Waals surface area contributed by atoms with Crippen LogP contribution in [0.2, 0.25) is 0 Å². The van der Waals surface area contributed by atoms with E-state index in [1.165, 1.54) is 17.3 Å². The summed E-state index contributed by atoms with van der Waals surface area (Å²) < 4.78 is 1.96. The van der Waals surface area contributed by atoms with E-state index in [9.17, 15) is 0 Å². The minimum atomic E-state index is 0.485. The number of hydrogen-bond acceptors (Lipinski definition) is 5. The number of nitrogens with zero attached hydrogens (tertiary/aromatic N) is 4. The van der Waals surface area contributed by atoms with Crippen LogP contribution in [0.5, 0.6) is 0 Å². The molecule has 0 aliphatic rings. The van der Waals surface area contributed by atoms with Crippen molar-refractivity contribution in [2.75, 3.05) is 0 Å². The molecule has 0 amide bonds. The predicted molar refractivity (Wildman–Crippen MR) is 76.0 cm³/mol. The average molecular weight is 277 g/mol. The van der Waals surface area contributed by atoms with E-state index in [2.05, 4.69) is 29.0 Å². The average Bonchev–Trinajstić information content (AvgIpc) is 2.83. The van der Waals surface area contributed by atoms with E-state index >= 15 is 0 Å². The van der Waals surface area contributed by atoms with Crippen molar-refractivity contribution in [1.29, 1.82) is 0 Å². The van der Waals surface area contributed by atoms with Gasteiger partial charge in [0.25, 0.3) is 0 Å². The molecule has 2 heterocycles. The van der Waals surface area contributed by atoms with Crippen molar-refractivity contribution in [2.45, 2.75) is 43.4 Å². The molecule has 0 atom stereocenters. The number of imidazole rings is 1. The van der Waals surface area contributed by atoms with E-state index in [1.54, 1.807) is 6.20 Å². The number of nitrogens with two attached hydrogens (primary N) is 1. The zero-order valence-electron chi connectivity index (χ0n) is 11.6. The van der Waals surface area contributed by atoms with Gasteiger partial charge in [-0.25, -0.2) is 4.98 Å². The Balaban J connectivity index is 2.43. The molecular weight excluding hydrogens is 258 g/mol. The van der Waals surface area contributed by atoms with E-state index < -0.39 is 0 Å². The third-order valence-corrected chi connectivity index (χ3v) is 4.19. The molecule has 0 spiro atoms. The lowest BCUT2D eigenvalue weighted by molar-refractivity contribution is 0.764. The van der Waals surface area contributed by atoms with E-state index in [1.807, 2.05) is 17.8 Å². The van der Waals surface area contributed by atoms with Gasteiger partial charge in [-0.1, -0.05) is 13.8 Å². The van der Waals surface area contributed by atoms with Crippen LogP contribution in [0.25, 0.3) is 0 Å². The molecule has 0 bridgehead atoms. The van der Waals surface area contributed by atoms with Gasteiger partial charge >= 0.3 is 0 Å². The molecule has 2 N–H and O–H groups in total. The molecule has 0 aliphatic carbocycles. The Labute approximate surface area is 117 Å². The molecule has 0 aromatic carbocycles. The molecule has 5 nitrogen and oxygen atoms in total. The predicted octanol–water partition coefficient (Wildman–Crippen LogP) is 1.94. The van der Waals surface area contributed by atoms with Crippen LogP contribution in [0.15, 0.2) is 22.6 Å². The largest absolute Gasteiger partial charge is 0.329 e. The van der Waals surface area contributed by atoms with Crippen molar-refractivity contribution in [2.24, 2.45) is 12.8 Å². The third-order valence-electron chi connectivity index (χ3n) is 3.09. The van der Waals surface area contributed by atoms with Crippen molar-refractivity contribution in [3.63, 3.8) is 0 Å². The molecule has 2 aromatic rings. The molecule has 0 aliphatic heterocycles. The van der Waals surface area contributed by atoms with Gasteiger partial charge in [0, 0.05) is 31.5 Å². The monoisotopic (exact) mass is 277 g/mol. The highest BCUT2D eigenvalue weighted by atomic mass is 32.2. The summed E-state index contributed by atoms with van der Waals surface area (Å²) >= 11 is 1.52. The van der Waals surface area contributed by atoms with Gasteiger partial charge in [0.1, 0.15) is 5.03 Å². The maximum atomic E-state index is 5.91. The lowest BCUT2D eigenvalue weighted by Gasteiger charge is -2.13. The van der Waals surface area contributed by atoms with Crippen LogP contribution in [0.4, 0.5) is 0 Å². The minimum Gasteiger partial charge on any atom is -0.329 e. The second-order valence-corrected chi connectivity index (χ2v) is 5.20. The summed E-state index contributed by atoms with van der Waals surface area (Å²) in [5.41, 5.74) is 9.29. The molecule has 102 valence electrons. The second-order valence-electron chi connectivity index (χ2n) is 4.24. The van der Waals surface area contributed by atoms with Crippen molar-refractivity contribution in [1.82, 2.24) is 19.7 Å². The highest BCUT2D eigenvalue weighted by Gasteiger charge is 2.15. The normalized spacial score (nSPS) is 10.9. The molecule has 2 rings (SSSR count). The summed E-state index contributed by atoms with van der Waals surface area (Å²) in [5, 5.41) is 10.4. The molecule has 0 saturated carbocycles. The molecule has 0 radical (unpaired) electrons. The standard InChI is InChI=1S/C13H19N5S/c1-4-9-10(8-14)12(17-16-11(9)5-2)19-13-15-6-7-18(13)3/h6-7H,4-5,8,14H2,1-3H3. The highest BCUT2D eigenvalue weighted by molar-refractivity contribution is 7.99.